The third-order valence-corrected chi connectivity index (χ3v) is 5.95. The minimum Gasteiger partial charge on any atom is -0.493 e. The standard InChI is InChI=1S/C26H25FN2O4/c1-4-32-23-7-5-6-19-21-15-20(16-8-11-18(27)12-9-16)28-29(21)26(33-25(19)23)17-10-13-22(30-2)24(14-17)31-3/h5-14,21,26H,4,15H2,1-3H3/t21-,26+/m1/s1. The fraction of sp³-hybridized carbons (Fsp3) is 0.269. The lowest BCUT2D eigenvalue weighted by Gasteiger charge is -2.38. The molecular formula is C26H25FN2O4. The number of para-hydroxylation sites is 1. The molecule has 0 N–H and O–H groups in total. The number of benzene rings is 3. The van der Waals surface area contributed by atoms with Gasteiger partial charge in [0, 0.05) is 17.5 Å². The van der Waals surface area contributed by atoms with Gasteiger partial charge in [-0.15, -0.1) is 0 Å². The summed E-state index contributed by atoms with van der Waals surface area (Å²) in [7, 11) is 3.21. The molecule has 0 radical (unpaired) electrons. The highest BCUT2D eigenvalue weighted by Crippen LogP contribution is 2.51. The Morgan fingerprint density at radius 2 is 1.79 bits per heavy atom. The monoisotopic (exact) mass is 448 g/mol. The predicted octanol–water partition coefficient (Wildman–Crippen LogP) is 5.48. The summed E-state index contributed by atoms with van der Waals surface area (Å²) in [5, 5.41) is 6.90. The minimum absolute atomic E-state index is 0.0488. The molecule has 0 saturated heterocycles. The zero-order chi connectivity index (χ0) is 22.9. The molecule has 0 bridgehead atoms. The molecule has 0 aromatic heterocycles. The Labute approximate surface area is 192 Å². The van der Waals surface area contributed by atoms with Crippen molar-refractivity contribution in [3.63, 3.8) is 0 Å². The van der Waals surface area contributed by atoms with E-state index in [0.29, 0.717) is 30.3 Å². The first-order valence-electron chi connectivity index (χ1n) is 10.9. The second-order valence-corrected chi connectivity index (χ2v) is 7.85. The van der Waals surface area contributed by atoms with Crippen molar-refractivity contribution >= 4 is 5.71 Å². The van der Waals surface area contributed by atoms with Gasteiger partial charge in [-0.1, -0.05) is 24.3 Å². The van der Waals surface area contributed by atoms with Crippen LogP contribution in [0.5, 0.6) is 23.0 Å². The summed E-state index contributed by atoms with van der Waals surface area (Å²) in [6, 6.07) is 18.0. The van der Waals surface area contributed by atoms with Gasteiger partial charge >= 0.3 is 0 Å². The van der Waals surface area contributed by atoms with Gasteiger partial charge in [-0.3, -0.25) is 0 Å². The Balaban J connectivity index is 1.61. The third-order valence-electron chi connectivity index (χ3n) is 5.95. The summed E-state index contributed by atoms with van der Waals surface area (Å²) in [5.74, 6) is 2.40. The van der Waals surface area contributed by atoms with E-state index < -0.39 is 6.23 Å². The van der Waals surface area contributed by atoms with Crippen molar-refractivity contribution in [1.82, 2.24) is 5.01 Å². The number of halogens is 1. The van der Waals surface area contributed by atoms with Gasteiger partial charge in [0.1, 0.15) is 5.82 Å². The second-order valence-electron chi connectivity index (χ2n) is 7.85. The van der Waals surface area contributed by atoms with Gasteiger partial charge in [-0.05, 0) is 48.9 Å². The molecule has 0 unspecified atom stereocenters. The first kappa shape index (κ1) is 21.1. The maximum absolute atomic E-state index is 13.5. The lowest BCUT2D eigenvalue weighted by atomic mass is 9.95. The largest absolute Gasteiger partial charge is 0.493 e. The number of hydrogen-bond donors (Lipinski definition) is 0. The molecule has 0 aliphatic carbocycles. The van der Waals surface area contributed by atoms with Crippen LogP contribution in [0.2, 0.25) is 0 Å². The second kappa shape index (κ2) is 8.65. The zero-order valence-electron chi connectivity index (χ0n) is 18.7. The maximum Gasteiger partial charge on any atom is 0.214 e. The van der Waals surface area contributed by atoms with E-state index in [0.717, 1.165) is 28.2 Å². The highest BCUT2D eigenvalue weighted by Gasteiger charge is 2.42. The molecule has 170 valence electrons. The van der Waals surface area contributed by atoms with Crippen LogP contribution in [-0.4, -0.2) is 31.5 Å². The SMILES string of the molecule is CCOc1cccc2c1O[C@@H](c1ccc(OC)c(OC)c1)N1N=C(c3ccc(F)cc3)C[C@H]21. The van der Waals surface area contributed by atoms with Gasteiger partial charge in [-0.25, -0.2) is 9.40 Å². The highest BCUT2D eigenvalue weighted by molar-refractivity contribution is 6.02. The van der Waals surface area contributed by atoms with Crippen LogP contribution in [0.1, 0.15) is 42.3 Å². The van der Waals surface area contributed by atoms with Crippen molar-refractivity contribution in [2.75, 3.05) is 20.8 Å². The Bertz CT molecular complexity index is 1200. The van der Waals surface area contributed by atoms with Gasteiger partial charge in [0.2, 0.25) is 6.23 Å². The number of hydrogen-bond acceptors (Lipinski definition) is 6. The van der Waals surface area contributed by atoms with E-state index in [9.17, 15) is 4.39 Å². The summed E-state index contributed by atoms with van der Waals surface area (Å²) in [4.78, 5) is 0. The molecule has 0 amide bonds. The fourth-order valence-electron chi connectivity index (χ4n) is 4.40. The quantitative estimate of drug-likeness (QED) is 0.500. The van der Waals surface area contributed by atoms with E-state index in [-0.39, 0.29) is 11.9 Å². The summed E-state index contributed by atoms with van der Waals surface area (Å²) in [6.07, 6.45) is 0.170. The molecule has 5 rings (SSSR count). The Kier molecular flexibility index (Phi) is 5.54. The van der Waals surface area contributed by atoms with Crippen molar-refractivity contribution in [3.05, 3.63) is 83.2 Å². The number of fused-ring (bicyclic) bond motifs is 3. The molecule has 2 aliphatic heterocycles. The maximum atomic E-state index is 13.5. The Hall–Kier alpha value is -3.74. The zero-order valence-corrected chi connectivity index (χ0v) is 18.7. The van der Waals surface area contributed by atoms with E-state index in [2.05, 4.69) is 0 Å². The molecule has 2 atom stereocenters. The first-order valence-corrected chi connectivity index (χ1v) is 10.9. The average Bonchev–Trinajstić information content (AvgIpc) is 3.30. The minimum atomic E-state index is -0.498. The molecule has 0 fully saturated rings. The highest BCUT2D eigenvalue weighted by atomic mass is 19.1. The van der Waals surface area contributed by atoms with E-state index >= 15 is 0 Å². The van der Waals surface area contributed by atoms with Crippen molar-refractivity contribution in [2.45, 2.75) is 25.6 Å². The molecule has 0 spiro atoms. The van der Waals surface area contributed by atoms with Gasteiger partial charge in [-0.2, -0.15) is 5.10 Å². The van der Waals surface area contributed by atoms with Gasteiger partial charge in [0.05, 0.1) is 32.6 Å². The molecule has 3 aromatic rings. The van der Waals surface area contributed by atoms with Gasteiger partial charge in [0.25, 0.3) is 0 Å². The number of ether oxygens (including phenoxy) is 4. The normalized spacial score (nSPS) is 18.7. The topological polar surface area (TPSA) is 52.5 Å². The van der Waals surface area contributed by atoms with Crippen LogP contribution in [0.15, 0.2) is 65.8 Å². The van der Waals surface area contributed by atoms with Crippen molar-refractivity contribution < 1.29 is 23.3 Å². The molecular weight excluding hydrogens is 423 g/mol. The number of rotatable bonds is 6. The van der Waals surface area contributed by atoms with E-state index in [1.165, 1.54) is 12.1 Å². The number of hydrazone groups is 1. The van der Waals surface area contributed by atoms with Crippen molar-refractivity contribution in [2.24, 2.45) is 5.10 Å². The third kappa shape index (κ3) is 3.73. The van der Waals surface area contributed by atoms with E-state index in [4.69, 9.17) is 24.0 Å². The summed E-state index contributed by atoms with van der Waals surface area (Å²) < 4.78 is 36.8. The first-order chi connectivity index (χ1) is 16.1. The lowest BCUT2D eigenvalue weighted by Crippen LogP contribution is -2.34. The summed E-state index contributed by atoms with van der Waals surface area (Å²) >= 11 is 0. The molecule has 3 aromatic carbocycles. The molecule has 33 heavy (non-hydrogen) atoms. The van der Waals surface area contributed by atoms with E-state index in [1.54, 1.807) is 26.4 Å². The summed E-state index contributed by atoms with van der Waals surface area (Å²) in [6.45, 7) is 2.48. The molecule has 6 nitrogen and oxygen atoms in total. The van der Waals surface area contributed by atoms with Crippen molar-refractivity contribution in [3.8, 4) is 23.0 Å². The summed E-state index contributed by atoms with van der Waals surface area (Å²) in [5.41, 5.74) is 3.65. The Morgan fingerprint density at radius 3 is 2.52 bits per heavy atom. The van der Waals surface area contributed by atoms with Crippen LogP contribution >= 0.6 is 0 Å². The van der Waals surface area contributed by atoms with E-state index in [1.807, 2.05) is 48.3 Å². The van der Waals surface area contributed by atoms with Crippen LogP contribution < -0.4 is 18.9 Å². The smallest absolute Gasteiger partial charge is 0.214 e. The number of nitrogens with zero attached hydrogens (tertiary/aromatic N) is 2. The van der Waals surface area contributed by atoms with Crippen LogP contribution in [0.3, 0.4) is 0 Å². The van der Waals surface area contributed by atoms with Crippen LogP contribution in [0, 0.1) is 5.82 Å². The predicted molar refractivity (Wildman–Crippen MR) is 123 cm³/mol. The van der Waals surface area contributed by atoms with Crippen LogP contribution in [0.25, 0.3) is 0 Å². The van der Waals surface area contributed by atoms with Gasteiger partial charge < -0.3 is 18.9 Å². The molecule has 2 aliphatic rings. The lowest BCUT2D eigenvalue weighted by molar-refractivity contribution is -0.0213. The molecule has 2 heterocycles. The fourth-order valence-corrected chi connectivity index (χ4v) is 4.40. The van der Waals surface area contributed by atoms with Crippen LogP contribution in [-0.2, 0) is 0 Å². The van der Waals surface area contributed by atoms with Gasteiger partial charge in [0.15, 0.2) is 23.0 Å². The Morgan fingerprint density at radius 1 is 1.00 bits per heavy atom. The molecule has 0 saturated carbocycles. The molecule has 7 heteroatoms. The average molecular weight is 448 g/mol. The number of methoxy groups -OCH3 is 2. The van der Waals surface area contributed by atoms with Crippen LogP contribution in [0.4, 0.5) is 4.39 Å². The van der Waals surface area contributed by atoms with Crippen molar-refractivity contribution in [1.29, 1.82) is 0 Å².